The summed E-state index contributed by atoms with van der Waals surface area (Å²) >= 11 is 0. The molecule has 0 atom stereocenters. The zero-order valence-electron chi connectivity index (χ0n) is 23.6. The van der Waals surface area contributed by atoms with Gasteiger partial charge in [-0.25, -0.2) is 22.5 Å². The Bertz CT molecular complexity index is 1910. The van der Waals surface area contributed by atoms with E-state index in [9.17, 15) is 12.8 Å². The zero-order valence-corrected chi connectivity index (χ0v) is 24.4. The summed E-state index contributed by atoms with van der Waals surface area (Å²) < 4.78 is 40.2. The van der Waals surface area contributed by atoms with Crippen molar-refractivity contribution in [2.24, 2.45) is 4.99 Å². The molecule has 0 aliphatic heterocycles. The van der Waals surface area contributed by atoms with Crippen molar-refractivity contribution in [1.29, 1.82) is 0 Å². The quantitative estimate of drug-likeness (QED) is 0.148. The monoisotopic (exact) mass is 585 g/mol. The van der Waals surface area contributed by atoms with Crippen molar-refractivity contribution in [3.05, 3.63) is 95.1 Å². The van der Waals surface area contributed by atoms with E-state index in [2.05, 4.69) is 61.0 Å². The maximum atomic E-state index is 14.6. The van der Waals surface area contributed by atoms with Gasteiger partial charge in [0.25, 0.3) is 0 Å². The van der Waals surface area contributed by atoms with Crippen LogP contribution in [-0.2, 0) is 23.1 Å². The molecule has 42 heavy (non-hydrogen) atoms. The minimum atomic E-state index is -3.44. The SMILES string of the molecule is C=Nc1[nH]c(-c2n[nH]c3ccc(-c4cncc(CNCC)c4)cc23)cc1/C(=C\C)c1cc(F)cc(CNS(C)(=O)=O)c1. The third kappa shape index (κ3) is 6.38. The Kier molecular flexibility index (Phi) is 8.44. The summed E-state index contributed by atoms with van der Waals surface area (Å²) in [5.74, 6) is 0.0293. The summed E-state index contributed by atoms with van der Waals surface area (Å²) in [6.45, 7) is 9.25. The lowest BCUT2D eigenvalue weighted by molar-refractivity contribution is 0.586. The highest BCUT2D eigenvalue weighted by molar-refractivity contribution is 7.88. The number of hydrogen-bond acceptors (Lipinski definition) is 6. The standard InChI is InChI=1S/C31H32FN7O2S/c1-5-25(22-9-19(11-24(32)12-22)17-36-42(4,40)41)26-14-29(37-31(26)33-3)30-27-13-21(7-8-28(27)38-39-30)23-10-20(15-34-6-2)16-35-18-23/h5,7-14,16,18,34,36-37H,3,6,15,17H2,1-2,4H3,(H,38,39)/b25-5-. The van der Waals surface area contributed by atoms with Crippen LogP contribution in [0, 0.1) is 5.82 Å². The number of nitrogens with zero attached hydrogens (tertiary/aromatic N) is 3. The van der Waals surface area contributed by atoms with E-state index >= 15 is 0 Å². The lowest BCUT2D eigenvalue weighted by Gasteiger charge is -2.10. The minimum absolute atomic E-state index is 0.0271. The number of aromatic nitrogens is 4. The molecular formula is C31H32FN7O2S. The number of rotatable bonds is 11. The second kappa shape index (κ2) is 12.2. The number of nitrogens with one attached hydrogen (secondary N) is 4. The van der Waals surface area contributed by atoms with Crippen molar-refractivity contribution in [1.82, 2.24) is 30.2 Å². The first-order valence-electron chi connectivity index (χ1n) is 13.4. The fraction of sp³-hybridized carbons (Fsp3) is 0.194. The fourth-order valence-corrected chi connectivity index (χ4v) is 5.34. The molecule has 0 aliphatic carbocycles. The summed E-state index contributed by atoms with van der Waals surface area (Å²) in [4.78, 5) is 11.9. The number of allylic oxidation sites excluding steroid dienone is 1. The third-order valence-corrected chi connectivity index (χ3v) is 7.53. The summed E-state index contributed by atoms with van der Waals surface area (Å²) in [7, 11) is -3.44. The van der Waals surface area contributed by atoms with E-state index in [4.69, 9.17) is 0 Å². The number of sulfonamides is 1. The topological polar surface area (TPSA) is 128 Å². The van der Waals surface area contributed by atoms with Gasteiger partial charge in [-0.1, -0.05) is 19.1 Å². The summed E-state index contributed by atoms with van der Waals surface area (Å²) in [5.41, 5.74) is 7.89. The van der Waals surface area contributed by atoms with Crippen LogP contribution in [0.25, 0.3) is 39.0 Å². The first kappa shape index (κ1) is 29.1. The van der Waals surface area contributed by atoms with E-state index < -0.39 is 15.8 Å². The molecule has 0 saturated carbocycles. The number of H-pyrrole nitrogens is 2. The molecule has 5 aromatic rings. The highest BCUT2D eigenvalue weighted by Gasteiger charge is 2.19. The number of aromatic amines is 2. The van der Waals surface area contributed by atoms with Crippen molar-refractivity contribution in [3.63, 3.8) is 0 Å². The van der Waals surface area contributed by atoms with Gasteiger partial charge in [-0.2, -0.15) is 5.10 Å². The summed E-state index contributed by atoms with van der Waals surface area (Å²) in [5, 5.41) is 11.9. The third-order valence-electron chi connectivity index (χ3n) is 6.87. The van der Waals surface area contributed by atoms with Gasteiger partial charge in [0, 0.05) is 42.0 Å². The van der Waals surface area contributed by atoms with Gasteiger partial charge in [-0.05, 0) is 90.5 Å². The molecule has 3 aromatic heterocycles. The molecular weight excluding hydrogens is 553 g/mol. The Morgan fingerprint density at radius 2 is 1.90 bits per heavy atom. The lowest BCUT2D eigenvalue weighted by atomic mass is 9.96. The summed E-state index contributed by atoms with van der Waals surface area (Å²) in [6.07, 6.45) is 6.63. The van der Waals surface area contributed by atoms with E-state index in [1.165, 1.54) is 12.1 Å². The highest BCUT2D eigenvalue weighted by atomic mass is 32.2. The molecule has 0 fully saturated rings. The number of halogens is 1. The van der Waals surface area contributed by atoms with Crippen LogP contribution in [0.3, 0.4) is 0 Å². The number of aliphatic imine (C=N–C) groups is 1. The van der Waals surface area contributed by atoms with E-state index in [-0.39, 0.29) is 6.54 Å². The normalized spacial score (nSPS) is 12.2. The Morgan fingerprint density at radius 1 is 1.07 bits per heavy atom. The van der Waals surface area contributed by atoms with Crippen LogP contribution in [0.15, 0.2) is 72.0 Å². The Balaban J connectivity index is 1.53. The van der Waals surface area contributed by atoms with Crippen LogP contribution in [0.2, 0.25) is 0 Å². The zero-order chi connectivity index (χ0) is 29.9. The van der Waals surface area contributed by atoms with Crippen LogP contribution < -0.4 is 10.0 Å². The van der Waals surface area contributed by atoms with Gasteiger partial charge >= 0.3 is 0 Å². The largest absolute Gasteiger partial charge is 0.338 e. The maximum Gasteiger partial charge on any atom is 0.209 e. The van der Waals surface area contributed by atoms with Crippen LogP contribution >= 0.6 is 0 Å². The number of pyridine rings is 1. The molecule has 3 heterocycles. The molecule has 0 saturated heterocycles. The molecule has 9 nitrogen and oxygen atoms in total. The fourth-order valence-electron chi connectivity index (χ4n) is 4.91. The molecule has 0 unspecified atom stereocenters. The molecule has 216 valence electrons. The maximum absolute atomic E-state index is 14.6. The molecule has 11 heteroatoms. The lowest BCUT2D eigenvalue weighted by Crippen LogP contribution is -2.21. The summed E-state index contributed by atoms with van der Waals surface area (Å²) in [6, 6.07) is 14.6. The molecule has 0 aliphatic rings. The highest BCUT2D eigenvalue weighted by Crippen LogP contribution is 2.37. The van der Waals surface area contributed by atoms with Gasteiger partial charge in [-0.3, -0.25) is 10.1 Å². The Hall–Kier alpha value is -4.45. The van der Waals surface area contributed by atoms with Gasteiger partial charge in [0.2, 0.25) is 10.0 Å². The molecule has 4 N–H and O–H groups in total. The Morgan fingerprint density at radius 3 is 2.64 bits per heavy atom. The van der Waals surface area contributed by atoms with Gasteiger partial charge in [0.05, 0.1) is 17.5 Å². The second-order valence-electron chi connectivity index (χ2n) is 9.94. The first-order chi connectivity index (χ1) is 20.2. The number of benzene rings is 2. The predicted molar refractivity (Wildman–Crippen MR) is 167 cm³/mol. The van der Waals surface area contributed by atoms with Crippen molar-refractivity contribution >= 4 is 39.0 Å². The van der Waals surface area contributed by atoms with E-state index in [1.807, 2.05) is 43.6 Å². The average molecular weight is 586 g/mol. The second-order valence-corrected chi connectivity index (χ2v) is 11.8. The van der Waals surface area contributed by atoms with Gasteiger partial charge in [-0.15, -0.1) is 0 Å². The molecule has 5 rings (SSSR count). The number of fused-ring (bicyclic) bond motifs is 1. The molecule has 0 amide bonds. The van der Waals surface area contributed by atoms with Gasteiger partial charge < -0.3 is 10.3 Å². The van der Waals surface area contributed by atoms with Crippen molar-refractivity contribution in [2.75, 3.05) is 12.8 Å². The minimum Gasteiger partial charge on any atom is -0.338 e. The van der Waals surface area contributed by atoms with Crippen LogP contribution in [0.4, 0.5) is 10.2 Å². The smallest absolute Gasteiger partial charge is 0.209 e. The van der Waals surface area contributed by atoms with Crippen molar-refractivity contribution in [3.8, 4) is 22.5 Å². The van der Waals surface area contributed by atoms with E-state index in [0.717, 1.165) is 46.9 Å². The van der Waals surface area contributed by atoms with Crippen LogP contribution in [0.1, 0.15) is 36.1 Å². The van der Waals surface area contributed by atoms with Gasteiger partial charge in [0.15, 0.2) is 0 Å². The van der Waals surface area contributed by atoms with Crippen LogP contribution in [-0.4, -0.2) is 48.1 Å². The van der Waals surface area contributed by atoms with E-state index in [1.54, 1.807) is 6.07 Å². The van der Waals surface area contributed by atoms with Gasteiger partial charge in [0.1, 0.15) is 17.3 Å². The van der Waals surface area contributed by atoms with Crippen LogP contribution in [0.5, 0.6) is 0 Å². The molecule has 0 bridgehead atoms. The molecule has 0 radical (unpaired) electrons. The molecule has 0 spiro atoms. The Labute approximate surface area is 244 Å². The molecule has 2 aromatic carbocycles. The first-order valence-corrected chi connectivity index (χ1v) is 15.3. The van der Waals surface area contributed by atoms with Crippen molar-refractivity contribution < 1.29 is 12.8 Å². The predicted octanol–water partition coefficient (Wildman–Crippen LogP) is 5.70. The van der Waals surface area contributed by atoms with Crippen molar-refractivity contribution in [2.45, 2.75) is 26.9 Å². The number of hydrogen-bond donors (Lipinski definition) is 4. The van der Waals surface area contributed by atoms with E-state index in [0.29, 0.717) is 39.5 Å². The average Bonchev–Trinajstić information content (AvgIpc) is 3.59.